The molecule has 3 heteroatoms. The summed E-state index contributed by atoms with van der Waals surface area (Å²) in [5, 5.41) is 2.47. The molecule has 8 aromatic rings. The van der Waals surface area contributed by atoms with Crippen LogP contribution in [0, 0.1) is 0 Å². The minimum atomic E-state index is 0.645. The minimum Gasteiger partial charge on any atom is -0.208 e. The largest absolute Gasteiger partial charge is 0.208 e. The molecule has 0 aliphatic carbocycles. The second-order valence-electron chi connectivity index (χ2n) is 11.3. The molecule has 0 amide bonds. The van der Waals surface area contributed by atoms with Crippen LogP contribution in [0.15, 0.2) is 176 Å². The van der Waals surface area contributed by atoms with E-state index >= 15 is 0 Å². The van der Waals surface area contributed by atoms with Crippen LogP contribution in [0.3, 0.4) is 0 Å². The van der Waals surface area contributed by atoms with Gasteiger partial charge in [0.1, 0.15) is 0 Å². The van der Waals surface area contributed by atoms with Gasteiger partial charge in [0.25, 0.3) is 0 Å². The summed E-state index contributed by atoms with van der Waals surface area (Å²) >= 11 is 0. The Labute approximate surface area is 268 Å². The molecule has 0 spiro atoms. The molecule has 216 valence electrons. The van der Waals surface area contributed by atoms with E-state index in [9.17, 15) is 0 Å². The zero-order valence-electron chi connectivity index (χ0n) is 25.1. The maximum atomic E-state index is 4.98. The topological polar surface area (TPSA) is 38.7 Å². The number of rotatable bonds is 6. The molecule has 46 heavy (non-hydrogen) atoms. The number of nitrogens with zero attached hydrogens (tertiary/aromatic N) is 3. The lowest BCUT2D eigenvalue weighted by molar-refractivity contribution is 1.07. The van der Waals surface area contributed by atoms with Crippen LogP contribution in [0.5, 0.6) is 0 Å². The molecule has 0 unspecified atom stereocenters. The van der Waals surface area contributed by atoms with Gasteiger partial charge in [-0.1, -0.05) is 164 Å². The van der Waals surface area contributed by atoms with Crippen molar-refractivity contribution in [3.05, 3.63) is 176 Å². The van der Waals surface area contributed by atoms with E-state index < -0.39 is 0 Å². The van der Waals surface area contributed by atoms with Crippen LogP contribution in [0.1, 0.15) is 0 Å². The molecular formula is C43H29N3. The third kappa shape index (κ3) is 5.58. The average molecular weight is 588 g/mol. The summed E-state index contributed by atoms with van der Waals surface area (Å²) in [6.45, 7) is 0. The van der Waals surface area contributed by atoms with Gasteiger partial charge in [0, 0.05) is 16.7 Å². The van der Waals surface area contributed by atoms with Gasteiger partial charge in [0.2, 0.25) is 0 Å². The monoisotopic (exact) mass is 587 g/mol. The standard InChI is InChI=1S/C43H29N3/c1-3-10-30(11-4-1)38-16-9-17-39(28-38)32-18-23-35(24-19-32)42-44-41(34-13-5-2-6-14-34)45-43(46-42)36-25-20-33(21-26-36)40-27-22-31-12-7-8-15-37(31)29-40/h1-29H. The highest BCUT2D eigenvalue weighted by Crippen LogP contribution is 2.31. The van der Waals surface area contributed by atoms with Gasteiger partial charge in [-0.3, -0.25) is 0 Å². The SMILES string of the molecule is c1ccc(-c2cccc(-c3ccc(-c4nc(-c5ccccc5)nc(-c5ccc(-c6ccc7ccccc7c6)cc5)n4)cc3)c2)cc1. The molecule has 0 bridgehead atoms. The lowest BCUT2D eigenvalue weighted by Gasteiger charge is -2.10. The van der Waals surface area contributed by atoms with Gasteiger partial charge in [-0.15, -0.1) is 0 Å². The molecule has 0 atom stereocenters. The fourth-order valence-corrected chi connectivity index (χ4v) is 5.85. The smallest absolute Gasteiger partial charge is 0.164 e. The normalized spacial score (nSPS) is 11.0. The summed E-state index contributed by atoms with van der Waals surface area (Å²) in [7, 11) is 0. The Morgan fingerprint density at radius 3 is 1.11 bits per heavy atom. The van der Waals surface area contributed by atoms with Crippen molar-refractivity contribution >= 4 is 10.8 Å². The number of benzene rings is 7. The van der Waals surface area contributed by atoms with Crippen molar-refractivity contribution in [2.75, 3.05) is 0 Å². The fourth-order valence-electron chi connectivity index (χ4n) is 5.85. The predicted octanol–water partition coefficient (Wildman–Crippen LogP) is 11.0. The number of hydrogen-bond donors (Lipinski definition) is 0. The summed E-state index contributed by atoms with van der Waals surface area (Å²) in [5.74, 6) is 1.94. The molecule has 0 aliphatic rings. The molecule has 0 N–H and O–H groups in total. The third-order valence-electron chi connectivity index (χ3n) is 8.34. The highest BCUT2D eigenvalue weighted by Gasteiger charge is 2.13. The van der Waals surface area contributed by atoms with Crippen molar-refractivity contribution in [3.8, 4) is 67.5 Å². The van der Waals surface area contributed by atoms with Crippen molar-refractivity contribution in [1.29, 1.82) is 0 Å². The van der Waals surface area contributed by atoms with Crippen LogP contribution >= 0.6 is 0 Å². The zero-order chi connectivity index (χ0) is 30.7. The maximum Gasteiger partial charge on any atom is 0.164 e. The quantitative estimate of drug-likeness (QED) is 0.194. The van der Waals surface area contributed by atoms with E-state index in [4.69, 9.17) is 15.0 Å². The van der Waals surface area contributed by atoms with Crippen LogP contribution in [0.4, 0.5) is 0 Å². The van der Waals surface area contributed by atoms with Crippen LogP contribution < -0.4 is 0 Å². The molecule has 0 fully saturated rings. The van der Waals surface area contributed by atoms with Crippen molar-refractivity contribution in [2.24, 2.45) is 0 Å². The van der Waals surface area contributed by atoms with Crippen molar-refractivity contribution in [1.82, 2.24) is 15.0 Å². The predicted molar refractivity (Wildman–Crippen MR) is 190 cm³/mol. The zero-order valence-corrected chi connectivity index (χ0v) is 25.1. The van der Waals surface area contributed by atoms with Crippen LogP contribution in [0.2, 0.25) is 0 Å². The summed E-state index contributed by atoms with van der Waals surface area (Å²) in [6, 6.07) is 61.2. The van der Waals surface area contributed by atoms with E-state index in [1.54, 1.807) is 0 Å². The summed E-state index contributed by atoms with van der Waals surface area (Å²) < 4.78 is 0. The van der Waals surface area contributed by atoms with E-state index in [1.807, 2.05) is 36.4 Å². The Hall–Kier alpha value is -6.19. The van der Waals surface area contributed by atoms with Gasteiger partial charge in [-0.25, -0.2) is 15.0 Å². The highest BCUT2D eigenvalue weighted by molar-refractivity contribution is 5.87. The van der Waals surface area contributed by atoms with Gasteiger partial charge in [0.05, 0.1) is 0 Å². The molecule has 0 aliphatic heterocycles. The highest BCUT2D eigenvalue weighted by atomic mass is 15.0. The van der Waals surface area contributed by atoms with E-state index in [0.29, 0.717) is 17.5 Å². The Morgan fingerprint density at radius 2 is 0.565 bits per heavy atom. The van der Waals surface area contributed by atoms with Crippen molar-refractivity contribution < 1.29 is 0 Å². The first-order valence-electron chi connectivity index (χ1n) is 15.4. The molecule has 0 saturated carbocycles. The van der Waals surface area contributed by atoms with Crippen LogP contribution in [-0.4, -0.2) is 15.0 Å². The second-order valence-corrected chi connectivity index (χ2v) is 11.3. The molecule has 8 rings (SSSR count). The van der Waals surface area contributed by atoms with Crippen molar-refractivity contribution in [2.45, 2.75) is 0 Å². The van der Waals surface area contributed by atoms with E-state index in [0.717, 1.165) is 27.8 Å². The number of fused-ring (bicyclic) bond motifs is 1. The van der Waals surface area contributed by atoms with Crippen LogP contribution in [0.25, 0.3) is 78.3 Å². The van der Waals surface area contributed by atoms with Crippen molar-refractivity contribution in [3.63, 3.8) is 0 Å². The fraction of sp³-hybridized carbons (Fsp3) is 0. The van der Waals surface area contributed by atoms with E-state index in [1.165, 1.54) is 33.0 Å². The lowest BCUT2D eigenvalue weighted by atomic mass is 9.98. The molecule has 0 radical (unpaired) electrons. The Bertz CT molecular complexity index is 2280. The first-order valence-corrected chi connectivity index (χ1v) is 15.4. The Balaban J connectivity index is 1.14. The van der Waals surface area contributed by atoms with Gasteiger partial charge in [0.15, 0.2) is 17.5 Å². The maximum absolute atomic E-state index is 4.98. The third-order valence-corrected chi connectivity index (χ3v) is 8.34. The molecule has 3 nitrogen and oxygen atoms in total. The first-order chi connectivity index (χ1) is 22.8. The van der Waals surface area contributed by atoms with Crippen LogP contribution in [-0.2, 0) is 0 Å². The molecule has 1 heterocycles. The van der Waals surface area contributed by atoms with Gasteiger partial charge in [-0.2, -0.15) is 0 Å². The molecular weight excluding hydrogens is 558 g/mol. The number of hydrogen-bond acceptors (Lipinski definition) is 3. The molecule has 0 saturated heterocycles. The Kier molecular flexibility index (Phi) is 7.18. The van der Waals surface area contributed by atoms with E-state index in [-0.39, 0.29) is 0 Å². The summed E-state index contributed by atoms with van der Waals surface area (Å²) in [6.07, 6.45) is 0. The summed E-state index contributed by atoms with van der Waals surface area (Å²) in [5.41, 5.74) is 9.88. The van der Waals surface area contributed by atoms with Gasteiger partial charge < -0.3 is 0 Å². The Morgan fingerprint density at radius 1 is 0.217 bits per heavy atom. The summed E-state index contributed by atoms with van der Waals surface area (Å²) in [4.78, 5) is 14.8. The molecule has 7 aromatic carbocycles. The van der Waals surface area contributed by atoms with E-state index in [2.05, 4.69) is 140 Å². The average Bonchev–Trinajstić information content (AvgIpc) is 3.15. The first kappa shape index (κ1) is 27.4. The van der Waals surface area contributed by atoms with Gasteiger partial charge >= 0.3 is 0 Å². The van der Waals surface area contributed by atoms with Gasteiger partial charge in [-0.05, 0) is 56.3 Å². The minimum absolute atomic E-state index is 0.645. The molecule has 1 aromatic heterocycles. The lowest BCUT2D eigenvalue weighted by Crippen LogP contribution is -2.00. The second kappa shape index (κ2) is 12.1. The number of aromatic nitrogens is 3.